The number of rotatable bonds is 4. The first-order valence-electron chi connectivity index (χ1n) is 9.48. The Bertz CT molecular complexity index is 1040. The summed E-state index contributed by atoms with van der Waals surface area (Å²) in [6, 6.07) is 7.24. The SMILES string of the molecule is CC(C)Cn1nc(C(=O)N2CCN(c3nccs3)CC2)c2ccccc2c1=O. The lowest BCUT2D eigenvalue weighted by atomic mass is 10.1. The van der Waals surface area contributed by atoms with Crippen molar-refractivity contribution in [3.8, 4) is 0 Å². The summed E-state index contributed by atoms with van der Waals surface area (Å²) in [4.78, 5) is 34.4. The number of piperazine rings is 1. The highest BCUT2D eigenvalue weighted by Gasteiger charge is 2.26. The van der Waals surface area contributed by atoms with E-state index in [2.05, 4.69) is 15.0 Å². The van der Waals surface area contributed by atoms with Gasteiger partial charge >= 0.3 is 0 Å². The third-order valence-electron chi connectivity index (χ3n) is 4.87. The van der Waals surface area contributed by atoms with Crippen LogP contribution in [-0.2, 0) is 6.54 Å². The zero-order valence-electron chi connectivity index (χ0n) is 16.0. The molecule has 1 fully saturated rings. The van der Waals surface area contributed by atoms with Crippen LogP contribution in [0.5, 0.6) is 0 Å². The zero-order valence-corrected chi connectivity index (χ0v) is 16.9. The molecule has 0 radical (unpaired) electrons. The van der Waals surface area contributed by atoms with Gasteiger partial charge in [-0.15, -0.1) is 11.3 Å². The van der Waals surface area contributed by atoms with E-state index in [9.17, 15) is 9.59 Å². The zero-order chi connectivity index (χ0) is 19.7. The summed E-state index contributed by atoms with van der Waals surface area (Å²) in [5, 5.41) is 8.59. The number of hydrogen-bond donors (Lipinski definition) is 0. The van der Waals surface area contributed by atoms with Crippen LogP contribution < -0.4 is 10.5 Å². The molecular weight excluding hydrogens is 374 g/mol. The van der Waals surface area contributed by atoms with Crippen molar-refractivity contribution in [1.29, 1.82) is 0 Å². The number of carbonyl (C=O) groups excluding carboxylic acids is 1. The van der Waals surface area contributed by atoms with Crippen molar-refractivity contribution < 1.29 is 4.79 Å². The van der Waals surface area contributed by atoms with Crippen molar-refractivity contribution in [2.45, 2.75) is 20.4 Å². The Morgan fingerprint density at radius 3 is 2.50 bits per heavy atom. The molecule has 7 nitrogen and oxygen atoms in total. The van der Waals surface area contributed by atoms with Gasteiger partial charge < -0.3 is 9.80 Å². The van der Waals surface area contributed by atoms with Crippen molar-refractivity contribution in [3.63, 3.8) is 0 Å². The van der Waals surface area contributed by atoms with Crippen LogP contribution in [0.15, 0.2) is 40.6 Å². The average Bonchev–Trinajstić information content (AvgIpc) is 3.24. The summed E-state index contributed by atoms with van der Waals surface area (Å²) < 4.78 is 1.44. The molecule has 1 saturated heterocycles. The maximum absolute atomic E-state index is 13.3. The second kappa shape index (κ2) is 7.71. The molecule has 3 heterocycles. The molecule has 1 aliphatic heterocycles. The predicted octanol–water partition coefficient (Wildman–Crippen LogP) is 2.47. The van der Waals surface area contributed by atoms with E-state index in [1.54, 1.807) is 23.6 Å². The molecule has 0 spiro atoms. The fourth-order valence-corrected chi connectivity index (χ4v) is 4.18. The first-order chi connectivity index (χ1) is 13.5. The third-order valence-corrected chi connectivity index (χ3v) is 5.70. The van der Waals surface area contributed by atoms with Crippen LogP contribution in [0.25, 0.3) is 10.8 Å². The summed E-state index contributed by atoms with van der Waals surface area (Å²) in [5.41, 5.74) is 0.216. The van der Waals surface area contributed by atoms with Crippen LogP contribution in [0.3, 0.4) is 0 Å². The normalized spacial score (nSPS) is 14.8. The van der Waals surface area contributed by atoms with E-state index in [1.807, 2.05) is 42.3 Å². The molecule has 2 aromatic heterocycles. The largest absolute Gasteiger partial charge is 0.345 e. The molecule has 0 bridgehead atoms. The molecule has 8 heteroatoms. The summed E-state index contributed by atoms with van der Waals surface area (Å²) in [7, 11) is 0. The standard InChI is InChI=1S/C20H23N5O2S/c1-14(2)13-25-18(26)16-6-4-3-5-15(16)17(22-25)19(27)23-8-10-24(11-9-23)20-21-7-12-28-20/h3-7,12,14H,8-11,13H2,1-2H3. The first-order valence-corrected chi connectivity index (χ1v) is 10.4. The van der Waals surface area contributed by atoms with Gasteiger partial charge in [-0.1, -0.05) is 32.0 Å². The average molecular weight is 398 g/mol. The smallest absolute Gasteiger partial charge is 0.275 e. The summed E-state index contributed by atoms with van der Waals surface area (Å²) in [6.45, 7) is 7.24. The van der Waals surface area contributed by atoms with Gasteiger partial charge in [0.25, 0.3) is 11.5 Å². The lowest BCUT2D eigenvalue weighted by Crippen LogP contribution is -2.49. The Labute approximate surface area is 167 Å². The first kappa shape index (κ1) is 18.6. The number of aromatic nitrogens is 3. The molecule has 1 aliphatic rings. The molecule has 0 atom stereocenters. The molecule has 146 valence electrons. The minimum Gasteiger partial charge on any atom is -0.345 e. The fourth-order valence-electron chi connectivity index (χ4n) is 3.49. The lowest BCUT2D eigenvalue weighted by Gasteiger charge is -2.34. The highest BCUT2D eigenvalue weighted by atomic mass is 32.1. The number of hydrogen-bond acceptors (Lipinski definition) is 6. The van der Waals surface area contributed by atoms with Crippen LogP contribution in [0.1, 0.15) is 24.3 Å². The second-order valence-electron chi connectivity index (χ2n) is 7.37. The Balaban J connectivity index is 1.64. The topological polar surface area (TPSA) is 71.3 Å². The fraction of sp³-hybridized carbons (Fsp3) is 0.400. The maximum atomic E-state index is 13.3. The monoisotopic (exact) mass is 397 g/mol. The number of anilines is 1. The Hall–Kier alpha value is -2.74. The van der Waals surface area contributed by atoms with E-state index in [0.717, 1.165) is 18.2 Å². The minimum atomic E-state index is -0.144. The van der Waals surface area contributed by atoms with Crippen molar-refractivity contribution in [2.24, 2.45) is 5.92 Å². The van der Waals surface area contributed by atoms with E-state index in [0.29, 0.717) is 36.1 Å². The highest BCUT2D eigenvalue weighted by molar-refractivity contribution is 7.13. The lowest BCUT2D eigenvalue weighted by molar-refractivity contribution is 0.0740. The second-order valence-corrected chi connectivity index (χ2v) is 8.24. The van der Waals surface area contributed by atoms with Gasteiger partial charge in [0, 0.05) is 49.7 Å². The van der Waals surface area contributed by atoms with Crippen LogP contribution in [-0.4, -0.2) is 51.8 Å². The molecule has 1 aromatic carbocycles. The maximum Gasteiger partial charge on any atom is 0.275 e. The van der Waals surface area contributed by atoms with Crippen molar-refractivity contribution in [2.75, 3.05) is 31.1 Å². The van der Waals surface area contributed by atoms with Crippen LogP contribution >= 0.6 is 11.3 Å². The van der Waals surface area contributed by atoms with E-state index >= 15 is 0 Å². The van der Waals surface area contributed by atoms with Crippen LogP contribution in [0.4, 0.5) is 5.13 Å². The highest BCUT2D eigenvalue weighted by Crippen LogP contribution is 2.21. The molecule has 28 heavy (non-hydrogen) atoms. The third kappa shape index (κ3) is 3.52. The quantitative estimate of drug-likeness (QED) is 0.676. The molecule has 4 rings (SSSR count). The molecule has 1 amide bonds. The number of nitrogens with zero attached hydrogens (tertiary/aromatic N) is 5. The Morgan fingerprint density at radius 2 is 1.86 bits per heavy atom. The molecule has 3 aromatic rings. The summed E-state index contributed by atoms with van der Waals surface area (Å²) in [6.07, 6.45) is 1.80. The Morgan fingerprint density at radius 1 is 1.14 bits per heavy atom. The van der Waals surface area contributed by atoms with Crippen molar-refractivity contribution >= 4 is 33.1 Å². The number of amides is 1. The van der Waals surface area contributed by atoms with Crippen LogP contribution in [0, 0.1) is 5.92 Å². The van der Waals surface area contributed by atoms with Gasteiger partial charge in [0.1, 0.15) is 0 Å². The molecule has 0 aliphatic carbocycles. The van der Waals surface area contributed by atoms with Crippen molar-refractivity contribution in [3.05, 3.63) is 51.9 Å². The molecule has 0 unspecified atom stereocenters. The van der Waals surface area contributed by atoms with E-state index in [1.165, 1.54) is 4.68 Å². The summed E-state index contributed by atoms with van der Waals surface area (Å²) in [5.74, 6) is 0.142. The van der Waals surface area contributed by atoms with Crippen molar-refractivity contribution in [1.82, 2.24) is 19.7 Å². The van der Waals surface area contributed by atoms with Crippen LogP contribution in [0.2, 0.25) is 0 Å². The van der Waals surface area contributed by atoms with Gasteiger partial charge in [-0.05, 0) is 12.0 Å². The minimum absolute atomic E-state index is 0.118. The Kier molecular flexibility index (Phi) is 5.13. The van der Waals surface area contributed by atoms with Gasteiger partial charge in [-0.25, -0.2) is 9.67 Å². The van der Waals surface area contributed by atoms with E-state index in [-0.39, 0.29) is 17.4 Å². The molecule has 0 saturated carbocycles. The predicted molar refractivity (Wildman–Crippen MR) is 111 cm³/mol. The van der Waals surface area contributed by atoms with E-state index < -0.39 is 0 Å². The number of fused-ring (bicyclic) bond motifs is 1. The van der Waals surface area contributed by atoms with Gasteiger partial charge in [-0.2, -0.15) is 5.10 Å². The number of carbonyl (C=O) groups is 1. The van der Waals surface area contributed by atoms with E-state index in [4.69, 9.17) is 0 Å². The van der Waals surface area contributed by atoms with Gasteiger partial charge in [-0.3, -0.25) is 9.59 Å². The molecular formula is C20H23N5O2S. The number of benzene rings is 1. The van der Waals surface area contributed by atoms with Gasteiger partial charge in [0.2, 0.25) is 0 Å². The van der Waals surface area contributed by atoms with Gasteiger partial charge in [0.05, 0.1) is 5.39 Å². The summed E-state index contributed by atoms with van der Waals surface area (Å²) >= 11 is 1.61. The van der Waals surface area contributed by atoms with Gasteiger partial charge in [0.15, 0.2) is 10.8 Å². The molecule has 0 N–H and O–H groups in total. The number of thiazole rings is 1.